The fourth-order valence-corrected chi connectivity index (χ4v) is 6.13. The number of carbonyl (C=O) groups excluding carboxylic acids is 1. The summed E-state index contributed by atoms with van der Waals surface area (Å²) in [5.41, 5.74) is 2.68. The van der Waals surface area contributed by atoms with Crippen LogP contribution >= 0.6 is 22.9 Å². The molecule has 1 atom stereocenters. The molecule has 28 heavy (non-hydrogen) atoms. The maximum atomic E-state index is 13.1. The summed E-state index contributed by atoms with van der Waals surface area (Å²) in [7, 11) is -3.85. The van der Waals surface area contributed by atoms with Crippen LogP contribution in [0.15, 0.2) is 34.5 Å². The molecule has 1 N–H and O–H groups in total. The predicted molar refractivity (Wildman–Crippen MR) is 112 cm³/mol. The van der Waals surface area contributed by atoms with Gasteiger partial charge >= 0.3 is 0 Å². The summed E-state index contributed by atoms with van der Waals surface area (Å²) in [5.74, 6) is -0.391. The van der Waals surface area contributed by atoms with E-state index in [0.29, 0.717) is 16.6 Å². The first-order chi connectivity index (χ1) is 13.3. The number of ether oxygens (including phenoxy) is 1. The largest absolute Gasteiger partial charge is 0.377 e. The van der Waals surface area contributed by atoms with Crippen LogP contribution in [0.5, 0.6) is 0 Å². The Labute approximate surface area is 174 Å². The van der Waals surface area contributed by atoms with Crippen molar-refractivity contribution in [3.63, 3.8) is 0 Å². The average molecular weight is 443 g/mol. The number of aryl methyl sites for hydroxylation is 1. The molecule has 2 aromatic rings. The molecular formula is C19H23ClN2O4S2. The van der Waals surface area contributed by atoms with Gasteiger partial charge in [-0.1, -0.05) is 23.7 Å². The molecule has 1 aromatic heterocycles. The van der Waals surface area contributed by atoms with Gasteiger partial charge in [0.25, 0.3) is 10.0 Å². The van der Waals surface area contributed by atoms with Crippen LogP contribution in [-0.4, -0.2) is 44.4 Å². The first-order valence-corrected chi connectivity index (χ1v) is 11.6. The Morgan fingerprint density at radius 1 is 1.32 bits per heavy atom. The Kier molecular flexibility index (Phi) is 6.77. The lowest BCUT2D eigenvalue weighted by Crippen LogP contribution is -2.42. The van der Waals surface area contributed by atoms with Gasteiger partial charge in [0.15, 0.2) is 0 Å². The highest BCUT2D eigenvalue weighted by Crippen LogP contribution is 2.29. The third-order valence-electron chi connectivity index (χ3n) is 4.77. The van der Waals surface area contributed by atoms with Crippen LogP contribution in [0.2, 0.25) is 4.34 Å². The average Bonchev–Trinajstić information content (AvgIpc) is 3.30. The van der Waals surface area contributed by atoms with E-state index in [2.05, 4.69) is 5.32 Å². The van der Waals surface area contributed by atoms with Crippen molar-refractivity contribution in [3.05, 3.63) is 45.8 Å². The summed E-state index contributed by atoms with van der Waals surface area (Å²) in [6.07, 6.45) is 1.45. The molecule has 0 spiro atoms. The van der Waals surface area contributed by atoms with Crippen molar-refractivity contribution in [1.82, 2.24) is 4.31 Å². The van der Waals surface area contributed by atoms with Gasteiger partial charge in [0.05, 0.1) is 17.0 Å². The third kappa shape index (κ3) is 4.93. The van der Waals surface area contributed by atoms with Gasteiger partial charge in [-0.05, 0) is 56.0 Å². The highest BCUT2D eigenvalue weighted by atomic mass is 35.5. The van der Waals surface area contributed by atoms with E-state index < -0.39 is 15.9 Å². The number of hydrogen-bond donors (Lipinski definition) is 1. The molecule has 1 amide bonds. The van der Waals surface area contributed by atoms with Crippen LogP contribution < -0.4 is 5.32 Å². The molecule has 1 fully saturated rings. The minimum atomic E-state index is -3.85. The van der Waals surface area contributed by atoms with Gasteiger partial charge in [-0.25, -0.2) is 8.42 Å². The van der Waals surface area contributed by atoms with E-state index in [-0.39, 0.29) is 23.4 Å². The van der Waals surface area contributed by atoms with Crippen LogP contribution in [0.25, 0.3) is 0 Å². The number of benzene rings is 1. The fourth-order valence-electron chi connectivity index (χ4n) is 3.06. The Hall–Kier alpha value is -1.45. The number of hydrogen-bond acceptors (Lipinski definition) is 5. The Bertz CT molecular complexity index is 953. The number of nitrogens with one attached hydrogen (secondary N) is 1. The molecule has 152 valence electrons. The lowest BCUT2D eigenvalue weighted by molar-refractivity contribution is -0.116. The van der Waals surface area contributed by atoms with E-state index in [1.807, 2.05) is 26.0 Å². The smallest absolute Gasteiger partial charge is 0.253 e. The monoisotopic (exact) mass is 442 g/mol. The van der Waals surface area contributed by atoms with Crippen molar-refractivity contribution < 1.29 is 17.9 Å². The maximum Gasteiger partial charge on any atom is 0.253 e. The van der Waals surface area contributed by atoms with E-state index in [1.165, 1.54) is 10.4 Å². The first-order valence-electron chi connectivity index (χ1n) is 9.00. The quantitative estimate of drug-likeness (QED) is 0.707. The van der Waals surface area contributed by atoms with E-state index in [4.69, 9.17) is 16.3 Å². The van der Waals surface area contributed by atoms with Gasteiger partial charge in [-0.15, -0.1) is 11.3 Å². The minimum absolute atomic E-state index is 0.120. The molecule has 1 saturated heterocycles. The summed E-state index contributed by atoms with van der Waals surface area (Å²) < 4.78 is 33.5. The lowest BCUT2D eigenvalue weighted by atomic mass is 10.1. The number of carbonyl (C=O) groups is 1. The zero-order valence-corrected chi connectivity index (χ0v) is 18.2. The molecule has 6 nitrogen and oxygen atoms in total. The Morgan fingerprint density at radius 3 is 2.75 bits per heavy atom. The van der Waals surface area contributed by atoms with E-state index in [1.54, 1.807) is 12.1 Å². The Morgan fingerprint density at radius 2 is 2.11 bits per heavy atom. The van der Waals surface area contributed by atoms with Gasteiger partial charge in [0, 0.05) is 18.8 Å². The summed E-state index contributed by atoms with van der Waals surface area (Å²) in [5, 5.41) is 2.83. The van der Waals surface area contributed by atoms with Gasteiger partial charge in [0.2, 0.25) is 5.91 Å². The molecule has 0 aliphatic carbocycles. The van der Waals surface area contributed by atoms with Crippen LogP contribution in [0, 0.1) is 13.8 Å². The third-order valence-corrected chi connectivity index (χ3v) is 8.28. The van der Waals surface area contributed by atoms with E-state index in [9.17, 15) is 13.2 Å². The van der Waals surface area contributed by atoms with Crippen LogP contribution in [0.1, 0.15) is 24.0 Å². The molecule has 2 heterocycles. The zero-order chi connectivity index (χ0) is 20.3. The zero-order valence-electron chi connectivity index (χ0n) is 15.8. The van der Waals surface area contributed by atoms with Crippen LogP contribution in [0.4, 0.5) is 5.69 Å². The molecule has 0 radical (unpaired) electrons. The second-order valence-corrected chi connectivity index (χ2v) is 10.7. The van der Waals surface area contributed by atoms with Crippen molar-refractivity contribution in [3.8, 4) is 0 Å². The lowest BCUT2D eigenvalue weighted by Gasteiger charge is -2.24. The van der Waals surface area contributed by atoms with E-state index in [0.717, 1.165) is 35.3 Å². The van der Waals surface area contributed by atoms with Gasteiger partial charge in [-0.3, -0.25) is 4.79 Å². The second-order valence-electron chi connectivity index (χ2n) is 6.79. The number of rotatable bonds is 7. The van der Waals surface area contributed by atoms with Crippen LogP contribution in [-0.2, 0) is 19.6 Å². The molecular weight excluding hydrogens is 420 g/mol. The fraction of sp³-hybridized carbons (Fsp3) is 0.421. The number of nitrogens with zero attached hydrogens (tertiary/aromatic N) is 1. The molecule has 3 rings (SSSR count). The highest BCUT2D eigenvalue weighted by Gasteiger charge is 2.32. The SMILES string of the molecule is Cc1cccc(NC(=O)CN(C[C@@H]2CCCO2)S(=O)(=O)c2ccc(Cl)s2)c1C. The van der Waals surface area contributed by atoms with Gasteiger partial charge < -0.3 is 10.1 Å². The summed E-state index contributed by atoms with van der Waals surface area (Å²) in [6.45, 7) is 4.33. The maximum absolute atomic E-state index is 13.1. The van der Waals surface area contributed by atoms with Gasteiger partial charge in [-0.2, -0.15) is 4.31 Å². The predicted octanol–water partition coefficient (Wildman–Crippen LogP) is 3.83. The molecule has 0 unspecified atom stereocenters. The standard InChI is InChI=1S/C19H23ClN2O4S2/c1-13-5-3-7-16(14(13)2)21-18(23)12-22(11-15-6-4-10-26-15)28(24,25)19-9-8-17(20)27-19/h3,5,7-9,15H,4,6,10-12H2,1-2H3,(H,21,23)/t15-/m0/s1. The number of sulfonamides is 1. The van der Waals surface area contributed by atoms with Crippen molar-refractivity contribution >= 4 is 44.6 Å². The highest BCUT2D eigenvalue weighted by molar-refractivity contribution is 7.91. The molecule has 0 saturated carbocycles. The summed E-state index contributed by atoms with van der Waals surface area (Å²) in [4.78, 5) is 12.7. The number of thiophene rings is 1. The number of amides is 1. The van der Waals surface area contributed by atoms with Crippen molar-refractivity contribution in [2.24, 2.45) is 0 Å². The molecule has 9 heteroatoms. The summed E-state index contributed by atoms with van der Waals surface area (Å²) in [6, 6.07) is 8.62. The van der Waals surface area contributed by atoms with Crippen molar-refractivity contribution in [2.75, 3.05) is 25.0 Å². The second kappa shape index (κ2) is 8.92. The molecule has 1 aromatic carbocycles. The number of halogens is 1. The normalized spacial score (nSPS) is 17.2. The van der Waals surface area contributed by atoms with Crippen LogP contribution in [0.3, 0.4) is 0 Å². The van der Waals surface area contributed by atoms with Gasteiger partial charge in [0.1, 0.15) is 4.21 Å². The van der Waals surface area contributed by atoms with E-state index >= 15 is 0 Å². The van der Waals surface area contributed by atoms with Crippen molar-refractivity contribution in [2.45, 2.75) is 37.0 Å². The molecule has 0 bridgehead atoms. The first kappa shape index (κ1) is 21.3. The number of anilines is 1. The van der Waals surface area contributed by atoms with Crippen molar-refractivity contribution in [1.29, 1.82) is 0 Å². The minimum Gasteiger partial charge on any atom is -0.377 e. The molecule has 1 aliphatic rings. The Balaban J connectivity index is 1.80. The topological polar surface area (TPSA) is 75.7 Å². The molecule has 1 aliphatic heterocycles. The summed E-state index contributed by atoms with van der Waals surface area (Å²) >= 11 is 6.90.